The Balaban J connectivity index is 1.95. The third-order valence-electron chi connectivity index (χ3n) is 2.98. The lowest BCUT2D eigenvalue weighted by Crippen LogP contribution is -2.44. The van der Waals surface area contributed by atoms with E-state index in [4.69, 9.17) is 9.84 Å². The molecule has 0 bridgehead atoms. The molecule has 1 aromatic rings. The Bertz CT molecular complexity index is 369. The molecule has 0 spiro atoms. The van der Waals surface area contributed by atoms with Crippen LogP contribution >= 0.6 is 11.3 Å². The molecule has 5 nitrogen and oxygen atoms in total. The van der Waals surface area contributed by atoms with E-state index < -0.39 is 5.97 Å². The van der Waals surface area contributed by atoms with Gasteiger partial charge in [-0.3, -0.25) is 14.7 Å². The molecule has 0 amide bonds. The van der Waals surface area contributed by atoms with E-state index in [1.807, 2.05) is 11.7 Å². The summed E-state index contributed by atoms with van der Waals surface area (Å²) in [7, 11) is 0. The minimum atomic E-state index is -0.803. The number of morpholine rings is 1. The first-order chi connectivity index (χ1) is 8.16. The maximum absolute atomic E-state index is 10.7. The zero-order valence-corrected chi connectivity index (χ0v) is 10.5. The summed E-state index contributed by atoms with van der Waals surface area (Å²) in [6.07, 6.45) is 1.75. The standard InChI is InChI=1S/C11H16N2O3S/c1-8(10-5-12-7-17-10)13-2-3-16-9(6-13)4-11(14)15/h5,7-9H,2-4,6H2,1H3,(H,14,15). The highest BCUT2D eigenvalue weighted by atomic mass is 32.1. The molecule has 1 saturated heterocycles. The Hall–Kier alpha value is -0.980. The fourth-order valence-electron chi connectivity index (χ4n) is 2.02. The summed E-state index contributed by atoms with van der Waals surface area (Å²) in [6, 6.07) is 0.280. The summed E-state index contributed by atoms with van der Waals surface area (Å²) < 4.78 is 5.45. The Kier molecular flexibility index (Phi) is 4.09. The van der Waals surface area contributed by atoms with Crippen molar-refractivity contribution in [2.75, 3.05) is 19.7 Å². The number of ether oxygens (including phenoxy) is 1. The van der Waals surface area contributed by atoms with Crippen LogP contribution in [0.15, 0.2) is 11.7 Å². The largest absolute Gasteiger partial charge is 0.481 e. The second-order valence-electron chi connectivity index (χ2n) is 4.17. The van der Waals surface area contributed by atoms with Gasteiger partial charge in [0.05, 0.1) is 24.6 Å². The topological polar surface area (TPSA) is 62.7 Å². The maximum Gasteiger partial charge on any atom is 0.306 e. The normalized spacial score (nSPS) is 23.5. The van der Waals surface area contributed by atoms with Crippen LogP contribution in [0.1, 0.15) is 24.3 Å². The van der Waals surface area contributed by atoms with Crippen LogP contribution in [0, 0.1) is 0 Å². The molecule has 0 saturated carbocycles. The van der Waals surface area contributed by atoms with Crippen molar-refractivity contribution in [2.24, 2.45) is 0 Å². The quantitative estimate of drug-likeness (QED) is 0.881. The van der Waals surface area contributed by atoms with Crippen molar-refractivity contribution in [3.8, 4) is 0 Å². The highest BCUT2D eigenvalue weighted by molar-refractivity contribution is 7.09. The van der Waals surface area contributed by atoms with Crippen LogP contribution in [-0.4, -0.2) is 46.8 Å². The maximum atomic E-state index is 10.7. The molecule has 0 aromatic carbocycles. The SMILES string of the molecule is CC(c1cncs1)N1CCOC(CC(=O)O)C1. The first-order valence-electron chi connectivity index (χ1n) is 5.62. The minimum absolute atomic E-state index is 0.0753. The molecular formula is C11H16N2O3S. The van der Waals surface area contributed by atoms with E-state index in [0.717, 1.165) is 6.54 Å². The predicted molar refractivity (Wildman–Crippen MR) is 64.1 cm³/mol. The van der Waals surface area contributed by atoms with E-state index in [9.17, 15) is 4.79 Å². The number of carboxylic acids is 1. The van der Waals surface area contributed by atoms with Crippen molar-refractivity contribution in [3.05, 3.63) is 16.6 Å². The number of aliphatic carboxylic acids is 1. The zero-order chi connectivity index (χ0) is 12.3. The summed E-state index contributed by atoms with van der Waals surface area (Å²) in [5.74, 6) is -0.803. The van der Waals surface area contributed by atoms with Crippen molar-refractivity contribution >= 4 is 17.3 Å². The van der Waals surface area contributed by atoms with Gasteiger partial charge in [0.25, 0.3) is 0 Å². The molecule has 17 heavy (non-hydrogen) atoms. The van der Waals surface area contributed by atoms with E-state index >= 15 is 0 Å². The Morgan fingerprint density at radius 1 is 1.82 bits per heavy atom. The third kappa shape index (κ3) is 3.24. The van der Waals surface area contributed by atoms with E-state index in [-0.39, 0.29) is 18.6 Å². The molecule has 0 aliphatic carbocycles. The van der Waals surface area contributed by atoms with Crippen molar-refractivity contribution in [1.29, 1.82) is 0 Å². The molecule has 0 radical (unpaired) electrons. The van der Waals surface area contributed by atoms with E-state index in [2.05, 4.69) is 16.8 Å². The molecule has 1 aliphatic rings. The average Bonchev–Trinajstić information content (AvgIpc) is 2.81. The zero-order valence-electron chi connectivity index (χ0n) is 9.70. The lowest BCUT2D eigenvalue weighted by atomic mass is 10.1. The Morgan fingerprint density at radius 2 is 2.65 bits per heavy atom. The first-order valence-corrected chi connectivity index (χ1v) is 6.50. The van der Waals surface area contributed by atoms with Gasteiger partial charge in [-0.25, -0.2) is 0 Å². The van der Waals surface area contributed by atoms with Crippen LogP contribution in [0.3, 0.4) is 0 Å². The highest BCUT2D eigenvalue weighted by Crippen LogP contribution is 2.25. The number of carbonyl (C=O) groups is 1. The van der Waals surface area contributed by atoms with Gasteiger partial charge in [0, 0.05) is 30.2 Å². The molecule has 2 unspecified atom stereocenters. The molecular weight excluding hydrogens is 240 g/mol. The fourth-order valence-corrected chi connectivity index (χ4v) is 2.74. The first kappa shape index (κ1) is 12.5. The number of nitrogens with zero attached hydrogens (tertiary/aromatic N) is 2. The summed E-state index contributed by atoms with van der Waals surface area (Å²) in [5, 5.41) is 8.77. The molecule has 2 rings (SSSR count). The summed E-state index contributed by atoms with van der Waals surface area (Å²) >= 11 is 1.63. The van der Waals surface area contributed by atoms with Gasteiger partial charge in [0.2, 0.25) is 0 Å². The monoisotopic (exact) mass is 256 g/mol. The van der Waals surface area contributed by atoms with Crippen molar-refractivity contribution in [2.45, 2.75) is 25.5 Å². The van der Waals surface area contributed by atoms with Crippen LogP contribution in [-0.2, 0) is 9.53 Å². The van der Waals surface area contributed by atoms with Crippen LogP contribution in [0.4, 0.5) is 0 Å². The lowest BCUT2D eigenvalue weighted by molar-refractivity contribution is -0.142. The number of hydrogen-bond acceptors (Lipinski definition) is 5. The second kappa shape index (κ2) is 5.57. The molecule has 2 atom stereocenters. The van der Waals surface area contributed by atoms with E-state index in [1.54, 1.807) is 11.3 Å². The number of rotatable bonds is 4. The van der Waals surface area contributed by atoms with Gasteiger partial charge in [-0.05, 0) is 6.92 Å². The van der Waals surface area contributed by atoms with Gasteiger partial charge < -0.3 is 9.84 Å². The smallest absolute Gasteiger partial charge is 0.306 e. The van der Waals surface area contributed by atoms with Gasteiger partial charge in [0.1, 0.15) is 0 Å². The molecule has 94 valence electrons. The van der Waals surface area contributed by atoms with Crippen LogP contribution in [0.25, 0.3) is 0 Å². The Labute approximate surface area is 104 Å². The summed E-state index contributed by atoms with van der Waals surface area (Å²) in [4.78, 5) is 18.2. The Morgan fingerprint density at radius 3 is 3.29 bits per heavy atom. The van der Waals surface area contributed by atoms with Crippen molar-refractivity contribution < 1.29 is 14.6 Å². The van der Waals surface area contributed by atoms with Crippen LogP contribution in [0.2, 0.25) is 0 Å². The predicted octanol–water partition coefficient (Wildman–Crippen LogP) is 1.38. The summed E-state index contributed by atoms with van der Waals surface area (Å²) in [5.41, 5.74) is 1.82. The second-order valence-corrected chi connectivity index (χ2v) is 5.08. The molecule has 1 N–H and O–H groups in total. The third-order valence-corrected chi connectivity index (χ3v) is 3.93. The van der Waals surface area contributed by atoms with Gasteiger partial charge in [0.15, 0.2) is 0 Å². The van der Waals surface area contributed by atoms with E-state index in [0.29, 0.717) is 13.2 Å². The number of thiazole rings is 1. The van der Waals surface area contributed by atoms with Crippen LogP contribution < -0.4 is 0 Å². The number of hydrogen-bond donors (Lipinski definition) is 1. The molecule has 1 aromatic heterocycles. The van der Waals surface area contributed by atoms with Crippen LogP contribution in [0.5, 0.6) is 0 Å². The molecule has 2 heterocycles. The van der Waals surface area contributed by atoms with Crippen molar-refractivity contribution in [3.63, 3.8) is 0 Å². The average molecular weight is 256 g/mol. The van der Waals surface area contributed by atoms with Crippen molar-refractivity contribution in [1.82, 2.24) is 9.88 Å². The van der Waals surface area contributed by atoms with E-state index in [1.165, 1.54) is 4.88 Å². The number of aromatic nitrogens is 1. The van der Waals surface area contributed by atoms with Gasteiger partial charge in [-0.15, -0.1) is 11.3 Å². The molecule has 6 heteroatoms. The molecule has 1 fully saturated rings. The minimum Gasteiger partial charge on any atom is -0.481 e. The highest BCUT2D eigenvalue weighted by Gasteiger charge is 2.26. The van der Waals surface area contributed by atoms with Gasteiger partial charge in [-0.1, -0.05) is 0 Å². The fraction of sp³-hybridized carbons (Fsp3) is 0.636. The van der Waals surface area contributed by atoms with Gasteiger partial charge in [-0.2, -0.15) is 0 Å². The lowest BCUT2D eigenvalue weighted by Gasteiger charge is -2.35. The molecule has 1 aliphatic heterocycles. The number of carboxylic acid groups (broad SMARTS) is 1. The van der Waals surface area contributed by atoms with Gasteiger partial charge >= 0.3 is 5.97 Å². The summed E-state index contributed by atoms with van der Waals surface area (Å²) in [6.45, 7) is 4.23.